The minimum atomic E-state index is -0.408. The van der Waals surface area contributed by atoms with Gasteiger partial charge in [-0.15, -0.1) is 0 Å². The lowest BCUT2D eigenvalue weighted by Gasteiger charge is -2.28. The molecule has 30 heavy (non-hydrogen) atoms. The number of phenols is 1. The number of carbonyl (C=O) groups is 1. The molecule has 4 nitrogen and oxygen atoms in total. The van der Waals surface area contributed by atoms with Gasteiger partial charge in [0.2, 0.25) is 0 Å². The van der Waals surface area contributed by atoms with Crippen molar-refractivity contribution in [3.05, 3.63) is 70.3 Å². The van der Waals surface area contributed by atoms with Crippen molar-refractivity contribution in [1.82, 2.24) is 0 Å². The van der Waals surface area contributed by atoms with Gasteiger partial charge >= 0.3 is 0 Å². The number of ketones is 1. The lowest BCUT2D eigenvalue weighted by molar-refractivity contribution is 0.0847. The van der Waals surface area contributed by atoms with Crippen LogP contribution in [-0.4, -0.2) is 17.0 Å². The van der Waals surface area contributed by atoms with E-state index in [9.17, 15) is 9.90 Å². The summed E-state index contributed by atoms with van der Waals surface area (Å²) in [6, 6.07) is 9.13. The first kappa shape index (κ1) is 21.7. The summed E-state index contributed by atoms with van der Waals surface area (Å²) in [5.41, 5.74) is 4.19. The topological polar surface area (TPSA) is 55.8 Å². The van der Waals surface area contributed by atoms with E-state index in [4.69, 9.17) is 9.47 Å². The molecule has 158 valence electrons. The first-order chi connectivity index (χ1) is 14.3. The SMILES string of the molecule is C/C=C\c1cc([C@H]2CC(=O)c3ccc(O)c(CC=C(C)C)c3O2)ccc1OC(C)C. The van der Waals surface area contributed by atoms with Crippen LogP contribution in [-0.2, 0) is 6.42 Å². The van der Waals surface area contributed by atoms with Gasteiger partial charge in [0, 0.05) is 11.1 Å². The van der Waals surface area contributed by atoms with Crippen molar-refractivity contribution in [2.45, 2.75) is 59.7 Å². The number of ether oxygens (including phenoxy) is 2. The number of rotatable bonds is 6. The van der Waals surface area contributed by atoms with Crippen molar-refractivity contribution in [3.63, 3.8) is 0 Å². The van der Waals surface area contributed by atoms with E-state index < -0.39 is 6.10 Å². The first-order valence-electron chi connectivity index (χ1n) is 10.4. The summed E-state index contributed by atoms with van der Waals surface area (Å²) < 4.78 is 12.2. The number of allylic oxidation sites excluding steroid dienone is 3. The molecule has 0 fully saturated rings. The second-order valence-electron chi connectivity index (χ2n) is 8.12. The highest BCUT2D eigenvalue weighted by atomic mass is 16.5. The highest BCUT2D eigenvalue weighted by Gasteiger charge is 2.30. The Morgan fingerprint density at radius 2 is 2.03 bits per heavy atom. The average Bonchev–Trinajstić information content (AvgIpc) is 2.68. The van der Waals surface area contributed by atoms with Gasteiger partial charge in [-0.05, 0) is 70.9 Å². The molecule has 2 aromatic carbocycles. The van der Waals surface area contributed by atoms with Crippen molar-refractivity contribution < 1.29 is 19.4 Å². The van der Waals surface area contributed by atoms with Gasteiger partial charge in [0.15, 0.2) is 5.78 Å². The Labute approximate surface area is 178 Å². The smallest absolute Gasteiger partial charge is 0.170 e. The maximum absolute atomic E-state index is 12.9. The summed E-state index contributed by atoms with van der Waals surface area (Å²) in [5.74, 6) is 1.46. The average molecular weight is 407 g/mol. The number of carbonyl (C=O) groups excluding carboxylic acids is 1. The molecule has 2 aromatic rings. The number of aromatic hydroxyl groups is 1. The zero-order valence-corrected chi connectivity index (χ0v) is 18.4. The third kappa shape index (κ3) is 4.76. The van der Waals surface area contributed by atoms with Crippen LogP contribution in [0.1, 0.15) is 74.2 Å². The largest absolute Gasteiger partial charge is 0.508 e. The second-order valence-corrected chi connectivity index (χ2v) is 8.12. The summed E-state index contributed by atoms with van der Waals surface area (Å²) in [4.78, 5) is 12.9. The van der Waals surface area contributed by atoms with E-state index in [1.807, 2.05) is 71.0 Å². The fourth-order valence-corrected chi connectivity index (χ4v) is 3.56. The molecule has 0 aliphatic carbocycles. The van der Waals surface area contributed by atoms with Crippen molar-refractivity contribution >= 4 is 11.9 Å². The van der Waals surface area contributed by atoms with Crippen LogP contribution in [0, 0.1) is 0 Å². The molecular weight excluding hydrogens is 376 g/mol. The summed E-state index contributed by atoms with van der Waals surface area (Å²) in [6.07, 6.45) is 6.42. The highest BCUT2D eigenvalue weighted by molar-refractivity contribution is 6.00. The lowest BCUT2D eigenvalue weighted by Crippen LogP contribution is -2.21. The molecule has 4 heteroatoms. The van der Waals surface area contributed by atoms with Gasteiger partial charge in [-0.2, -0.15) is 0 Å². The standard InChI is InChI=1S/C26H30O4/c1-6-7-18-14-19(9-13-24(18)29-17(4)5)25-15-23(28)21-11-12-22(27)20(26(21)30-25)10-8-16(2)3/h6-9,11-14,17,25,27H,10,15H2,1-5H3/b7-6-/t25-/m1/s1. The van der Waals surface area contributed by atoms with Gasteiger partial charge in [-0.1, -0.05) is 29.9 Å². The van der Waals surface area contributed by atoms with E-state index >= 15 is 0 Å². The van der Waals surface area contributed by atoms with Crippen LogP contribution < -0.4 is 9.47 Å². The van der Waals surface area contributed by atoms with Crippen LogP contribution >= 0.6 is 0 Å². The Kier molecular flexibility index (Phi) is 6.66. The third-order valence-corrected chi connectivity index (χ3v) is 5.00. The van der Waals surface area contributed by atoms with Gasteiger partial charge in [-0.25, -0.2) is 0 Å². The summed E-state index contributed by atoms with van der Waals surface area (Å²) in [5, 5.41) is 10.4. The van der Waals surface area contributed by atoms with E-state index in [-0.39, 0.29) is 24.1 Å². The predicted molar refractivity (Wildman–Crippen MR) is 120 cm³/mol. The number of fused-ring (bicyclic) bond motifs is 1. The number of phenolic OH excluding ortho intramolecular Hbond substituents is 1. The minimum Gasteiger partial charge on any atom is -0.508 e. The van der Waals surface area contributed by atoms with Crippen LogP contribution in [0.25, 0.3) is 6.08 Å². The summed E-state index contributed by atoms with van der Waals surface area (Å²) in [7, 11) is 0. The molecule has 0 saturated heterocycles. The maximum atomic E-state index is 12.9. The molecule has 3 rings (SSSR count). The highest BCUT2D eigenvalue weighted by Crippen LogP contribution is 2.42. The van der Waals surface area contributed by atoms with Crippen LogP contribution in [0.2, 0.25) is 0 Å². The van der Waals surface area contributed by atoms with E-state index in [1.165, 1.54) is 0 Å². The molecule has 1 atom stereocenters. The molecule has 1 N–H and O–H groups in total. The van der Waals surface area contributed by atoms with Crippen LogP contribution in [0.15, 0.2) is 48.1 Å². The Bertz CT molecular complexity index is 994. The second kappa shape index (κ2) is 9.21. The summed E-state index contributed by atoms with van der Waals surface area (Å²) >= 11 is 0. The van der Waals surface area contributed by atoms with Gasteiger partial charge in [0.1, 0.15) is 23.4 Å². The molecule has 0 unspecified atom stereocenters. The molecule has 0 aromatic heterocycles. The molecule has 0 radical (unpaired) electrons. The lowest BCUT2D eigenvalue weighted by atomic mass is 9.92. The Morgan fingerprint density at radius 1 is 1.27 bits per heavy atom. The van der Waals surface area contributed by atoms with E-state index in [2.05, 4.69) is 0 Å². The molecule has 0 amide bonds. The first-order valence-corrected chi connectivity index (χ1v) is 10.4. The minimum absolute atomic E-state index is 0.0230. The van der Waals surface area contributed by atoms with E-state index in [1.54, 1.807) is 12.1 Å². The molecule has 1 aliphatic heterocycles. The molecule has 0 bridgehead atoms. The van der Waals surface area contributed by atoms with Crippen molar-refractivity contribution in [2.24, 2.45) is 0 Å². The predicted octanol–water partition coefficient (Wildman–Crippen LogP) is 6.43. The zero-order chi connectivity index (χ0) is 21.8. The van der Waals surface area contributed by atoms with Gasteiger partial charge in [-0.3, -0.25) is 4.79 Å². The fourth-order valence-electron chi connectivity index (χ4n) is 3.56. The van der Waals surface area contributed by atoms with Crippen molar-refractivity contribution in [1.29, 1.82) is 0 Å². The molecule has 0 saturated carbocycles. The number of benzene rings is 2. The van der Waals surface area contributed by atoms with Crippen molar-refractivity contribution in [2.75, 3.05) is 0 Å². The van der Waals surface area contributed by atoms with E-state index in [0.29, 0.717) is 23.3 Å². The van der Waals surface area contributed by atoms with Gasteiger partial charge in [0.05, 0.1) is 18.1 Å². The Balaban J connectivity index is 2.00. The molecular formula is C26H30O4. The Morgan fingerprint density at radius 3 is 2.70 bits per heavy atom. The van der Waals surface area contributed by atoms with Gasteiger partial charge < -0.3 is 14.6 Å². The molecule has 1 aliphatic rings. The maximum Gasteiger partial charge on any atom is 0.170 e. The van der Waals surface area contributed by atoms with Crippen LogP contribution in [0.5, 0.6) is 17.2 Å². The number of hydrogen-bond acceptors (Lipinski definition) is 4. The normalized spacial score (nSPS) is 15.8. The quantitative estimate of drug-likeness (QED) is 0.562. The number of Topliss-reactive ketones (excluding diaryl/α,β-unsaturated/α-hetero) is 1. The monoisotopic (exact) mass is 406 g/mol. The number of hydrogen-bond donors (Lipinski definition) is 1. The molecule has 1 heterocycles. The summed E-state index contributed by atoms with van der Waals surface area (Å²) in [6.45, 7) is 9.96. The van der Waals surface area contributed by atoms with Gasteiger partial charge in [0.25, 0.3) is 0 Å². The van der Waals surface area contributed by atoms with E-state index in [0.717, 1.165) is 22.4 Å². The van der Waals surface area contributed by atoms with Crippen LogP contribution in [0.4, 0.5) is 0 Å². The third-order valence-electron chi connectivity index (χ3n) is 5.00. The Hall–Kier alpha value is -3.01. The van der Waals surface area contributed by atoms with Crippen molar-refractivity contribution in [3.8, 4) is 17.2 Å². The zero-order valence-electron chi connectivity index (χ0n) is 18.4. The fraction of sp³-hybridized carbons (Fsp3) is 0.346. The molecule has 0 spiro atoms. The van der Waals surface area contributed by atoms with Crippen LogP contribution in [0.3, 0.4) is 0 Å².